The van der Waals surface area contributed by atoms with Gasteiger partial charge in [0.15, 0.2) is 0 Å². The minimum absolute atomic E-state index is 0.0210. The van der Waals surface area contributed by atoms with Gasteiger partial charge < -0.3 is 5.32 Å². The van der Waals surface area contributed by atoms with Gasteiger partial charge in [-0.25, -0.2) is 0 Å². The standard InChI is InChI=1S/C14H11FN2O3S/c1-21-11-4-2-3-10(8-11)16-14(18)9-5-6-13(17(19)20)12(15)7-9/h2-8H,1H3,(H,16,18). The number of hydrogen-bond acceptors (Lipinski definition) is 4. The molecule has 0 spiro atoms. The number of thioether (sulfide) groups is 1. The third-order valence-corrected chi connectivity index (χ3v) is 3.46. The smallest absolute Gasteiger partial charge is 0.304 e. The Morgan fingerprint density at radius 2 is 2.05 bits per heavy atom. The average Bonchev–Trinajstić information content (AvgIpc) is 2.46. The maximum atomic E-state index is 13.5. The molecule has 1 N–H and O–H groups in total. The van der Waals surface area contributed by atoms with Crippen LogP contribution in [0.3, 0.4) is 0 Å². The number of nitrogens with zero attached hydrogens (tertiary/aromatic N) is 1. The number of nitro benzene ring substituents is 1. The summed E-state index contributed by atoms with van der Waals surface area (Å²) in [7, 11) is 0. The van der Waals surface area contributed by atoms with Crippen molar-refractivity contribution < 1.29 is 14.1 Å². The molecule has 0 saturated heterocycles. The van der Waals surface area contributed by atoms with Crippen molar-refractivity contribution >= 4 is 29.0 Å². The van der Waals surface area contributed by atoms with Crippen LogP contribution in [-0.2, 0) is 0 Å². The lowest BCUT2D eigenvalue weighted by Gasteiger charge is -2.06. The second-order valence-electron chi connectivity index (χ2n) is 4.11. The molecule has 0 saturated carbocycles. The molecule has 0 atom stereocenters. The van der Waals surface area contributed by atoms with E-state index in [2.05, 4.69) is 5.32 Å². The van der Waals surface area contributed by atoms with Crippen molar-refractivity contribution in [1.82, 2.24) is 0 Å². The quantitative estimate of drug-likeness (QED) is 0.531. The van der Waals surface area contributed by atoms with Gasteiger partial charge in [-0.2, -0.15) is 4.39 Å². The highest BCUT2D eigenvalue weighted by atomic mass is 32.2. The maximum absolute atomic E-state index is 13.5. The van der Waals surface area contributed by atoms with Crippen LogP contribution in [0.2, 0.25) is 0 Å². The fourth-order valence-corrected chi connectivity index (χ4v) is 2.16. The first-order chi connectivity index (χ1) is 10.0. The van der Waals surface area contributed by atoms with Gasteiger partial charge in [0.2, 0.25) is 5.82 Å². The number of amides is 1. The third-order valence-electron chi connectivity index (χ3n) is 2.73. The van der Waals surface area contributed by atoms with Crippen LogP contribution in [0.1, 0.15) is 10.4 Å². The lowest BCUT2D eigenvalue weighted by Crippen LogP contribution is -2.12. The van der Waals surface area contributed by atoms with Crippen LogP contribution in [0, 0.1) is 15.9 Å². The summed E-state index contributed by atoms with van der Waals surface area (Å²) in [5.74, 6) is -1.56. The summed E-state index contributed by atoms with van der Waals surface area (Å²) < 4.78 is 13.5. The zero-order valence-corrected chi connectivity index (χ0v) is 11.8. The lowest BCUT2D eigenvalue weighted by molar-refractivity contribution is -0.387. The van der Waals surface area contributed by atoms with Gasteiger partial charge in [0.1, 0.15) is 0 Å². The molecular weight excluding hydrogens is 295 g/mol. The summed E-state index contributed by atoms with van der Waals surface area (Å²) in [5, 5.41) is 13.1. The lowest BCUT2D eigenvalue weighted by atomic mass is 10.2. The highest BCUT2D eigenvalue weighted by Gasteiger charge is 2.16. The van der Waals surface area contributed by atoms with E-state index < -0.39 is 22.3 Å². The molecule has 0 aliphatic carbocycles. The molecule has 0 heterocycles. The molecular formula is C14H11FN2O3S. The van der Waals surface area contributed by atoms with Crippen molar-refractivity contribution in [3.8, 4) is 0 Å². The van der Waals surface area contributed by atoms with Gasteiger partial charge in [0.05, 0.1) is 4.92 Å². The van der Waals surface area contributed by atoms with E-state index in [1.165, 1.54) is 17.8 Å². The zero-order chi connectivity index (χ0) is 15.4. The summed E-state index contributed by atoms with van der Waals surface area (Å²) in [4.78, 5) is 22.7. The number of carbonyl (C=O) groups excluding carboxylic acids is 1. The van der Waals surface area contributed by atoms with Gasteiger partial charge in [0.25, 0.3) is 5.91 Å². The topological polar surface area (TPSA) is 72.2 Å². The van der Waals surface area contributed by atoms with Crippen molar-refractivity contribution in [2.24, 2.45) is 0 Å². The Kier molecular flexibility index (Phi) is 4.54. The van der Waals surface area contributed by atoms with Gasteiger partial charge in [-0.05, 0) is 36.6 Å². The number of nitrogens with one attached hydrogen (secondary N) is 1. The number of anilines is 1. The monoisotopic (exact) mass is 306 g/mol. The molecule has 0 aromatic heterocycles. The molecule has 0 aliphatic heterocycles. The molecule has 5 nitrogen and oxygen atoms in total. The van der Waals surface area contributed by atoms with Crippen molar-refractivity contribution in [2.75, 3.05) is 11.6 Å². The summed E-state index contributed by atoms with van der Waals surface area (Å²) >= 11 is 1.53. The Morgan fingerprint density at radius 3 is 2.67 bits per heavy atom. The number of rotatable bonds is 4. The summed E-state index contributed by atoms with van der Waals surface area (Å²) in [6.07, 6.45) is 1.91. The highest BCUT2D eigenvalue weighted by molar-refractivity contribution is 7.98. The Bertz CT molecular complexity index is 706. The van der Waals surface area contributed by atoms with E-state index in [0.717, 1.165) is 17.0 Å². The van der Waals surface area contributed by atoms with E-state index in [-0.39, 0.29) is 5.56 Å². The maximum Gasteiger partial charge on any atom is 0.304 e. The van der Waals surface area contributed by atoms with E-state index in [1.807, 2.05) is 12.3 Å². The first-order valence-corrected chi connectivity index (χ1v) is 7.13. The Balaban J connectivity index is 2.20. The average molecular weight is 306 g/mol. The molecule has 0 unspecified atom stereocenters. The normalized spacial score (nSPS) is 10.2. The van der Waals surface area contributed by atoms with Crippen molar-refractivity contribution in [1.29, 1.82) is 0 Å². The summed E-state index contributed by atoms with van der Waals surface area (Å²) in [6, 6.07) is 10.2. The molecule has 21 heavy (non-hydrogen) atoms. The third kappa shape index (κ3) is 3.57. The van der Waals surface area contributed by atoms with Crippen molar-refractivity contribution in [2.45, 2.75) is 4.90 Å². The molecule has 0 bridgehead atoms. The van der Waals surface area contributed by atoms with E-state index in [1.54, 1.807) is 18.2 Å². The predicted molar refractivity (Wildman–Crippen MR) is 79.2 cm³/mol. The molecule has 7 heteroatoms. The van der Waals surface area contributed by atoms with Gasteiger partial charge in [-0.1, -0.05) is 6.07 Å². The first kappa shape index (κ1) is 15.0. The minimum atomic E-state index is -1.04. The second kappa shape index (κ2) is 6.36. The van der Waals surface area contributed by atoms with Gasteiger partial charge in [-0.15, -0.1) is 11.8 Å². The van der Waals surface area contributed by atoms with E-state index in [4.69, 9.17) is 0 Å². The van der Waals surface area contributed by atoms with Crippen LogP contribution < -0.4 is 5.32 Å². The molecule has 0 aliphatic rings. The fraction of sp³-hybridized carbons (Fsp3) is 0.0714. The molecule has 2 aromatic rings. The minimum Gasteiger partial charge on any atom is -0.322 e. The number of hydrogen-bond donors (Lipinski definition) is 1. The van der Waals surface area contributed by atoms with Crippen molar-refractivity contribution in [3.05, 3.63) is 64.0 Å². The molecule has 2 aromatic carbocycles. The predicted octanol–water partition coefficient (Wildman–Crippen LogP) is 3.71. The molecule has 0 fully saturated rings. The Labute approximate surface area is 124 Å². The fourth-order valence-electron chi connectivity index (χ4n) is 1.70. The second-order valence-corrected chi connectivity index (χ2v) is 4.99. The number of nitro groups is 1. The van der Waals surface area contributed by atoms with Gasteiger partial charge in [-0.3, -0.25) is 14.9 Å². The molecule has 2 rings (SSSR count). The summed E-state index contributed by atoms with van der Waals surface area (Å²) in [6.45, 7) is 0. The van der Waals surface area contributed by atoms with Crippen LogP contribution >= 0.6 is 11.8 Å². The zero-order valence-electron chi connectivity index (χ0n) is 11.0. The molecule has 108 valence electrons. The van der Waals surface area contributed by atoms with Gasteiger partial charge >= 0.3 is 5.69 Å². The Morgan fingerprint density at radius 1 is 1.29 bits per heavy atom. The number of halogens is 1. The molecule has 1 amide bonds. The van der Waals surface area contributed by atoms with E-state index in [9.17, 15) is 19.3 Å². The number of carbonyl (C=O) groups is 1. The SMILES string of the molecule is CSc1cccc(NC(=O)c2ccc([N+](=O)[O-])c(F)c2)c1. The van der Waals surface area contributed by atoms with Crippen LogP contribution in [0.25, 0.3) is 0 Å². The van der Waals surface area contributed by atoms with Crippen LogP contribution in [0.15, 0.2) is 47.4 Å². The number of benzene rings is 2. The van der Waals surface area contributed by atoms with Gasteiger partial charge in [0, 0.05) is 22.2 Å². The van der Waals surface area contributed by atoms with E-state index >= 15 is 0 Å². The van der Waals surface area contributed by atoms with Crippen LogP contribution in [0.5, 0.6) is 0 Å². The van der Waals surface area contributed by atoms with Crippen molar-refractivity contribution in [3.63, 3.8) is 0 Å². The Hall–Kier alpha value is -2.41. The first-order valence-electron chi connectivity index (χ1n) is 5.90. The summed E-state index contributed by atoms with van der Waals surface area (Å²) in [5.41, 5.74) is -0.0609. The molecule has 0 radical (unpaired) electrons. The van der Waals surface area contributed by atoms with Crippen LogP contribution in [-0.4, -0.2) is 17.1 Å². The van der Waals surface area contributed by atoms with E-state index in [0.29, 0.717) is 5.69 Å². The van der Waals surface area contributed by atoms with Crippen LogP contribution in [0.4, 0.5) is 15.8 Å². The highest BCUT2D eigenvalue weighted by Crippen LogP contribution is 2.21. The largest absolute Gasteiger partial charge is 0.322 e.